The van der Waals surface area contributed by atoms with E-state index >= 15 is 0 Å². The van der Waals surface area contributed by atoms with Gasteiger partial charge in [0.2, 0.25) is 18.6 Å². The number of rotatable bonds is 3. The second-order valence-corrected chi connectivity index (χ2v) is 5.05. The SMILES string of the molecule is CC(NC1CC(=O)N(C)C1=O)c1ccc2c(c1)OCO2. The maximum atomic E-state index is 11.9. The normalized spacial score (nSPS) is 22.5. The fourth-order valence-electron chi connectivity index (χ4n) is 2.47. The Labute approximate surface area is 116 Å². The van der Waals surface area contributed by atoms with Crippen LogP contribution >= 0.6 is 0 Å². The lowest BCUT2D eigenvalue weighted by Crippen LogP contribution is -2.38. The topological polar surface area (TPSA) is 67.9 Å². The summed E-state index contributed by atoms with van der Waals surface area (Å²) in [7, 11) is 1.51. The molecule has 2 aliphatic heterocycles. The van der Waals surface area contributed by atoms with Crippen molar-refractivity contribution in [3.63, 3.8) is 0 Å². The van der Waals surface area contributed by atoms with E-state index < -0.39 is 6.04 Å². The number of ether oxygens (including phenoxy) is 2. The Bertz CT molecular complexity index is 572. The van der Waals surface area contributed by atoms with Gasteiger partial charge in [-0.3, -0.25) is 19.8 Å². The minimum Gasteiger partial charge on any atom is -0.454 e. The highest BCUT2D eigenvalue weighted by Crippen LogP contribution is 2.34. The highest BCUT2D eigenvalue weighted by Gasteiger charge is 2.36. The van der Waals surface area contributed by atoms with Crippen molar-refractivity contribution in [3.8, 4) is 11.5 Å². The van der Waals surface area contributed by atoms with Gasteiger partial charge in [-0.2, -0.15) is 0 Å². The Morgan fingerprint density at radius 2 is 2.05 bits per heavy atom. The first-order valence-electron chi connectivity index (χ1n) is 6.52. The molecule has 2 aliphatic rings. The van der Waals surface area contributed by atoms with E-state index in [0.29, 0.717) is 5.75 Å². The number of imide groups is 1. The summed E-state index contributed by atoms with van der Waals surface area (Å²) in [4.78, 5) is 24.5. The minimum absolute atomic E-state index is 0.0576. The van der Waals surface area contributed by atoms with Gasteiger partial charge in [-0.25, -0.2) is 0 Å². The number of nitrogens with zero attached hydrogens (tertiary/aromatic N) is 1. The largest absolute Gasteiger partial charge is 0.454 e. The molecule has 2 amide bonds. The number of likely N-dealkylation sites (tertiary alicyclic amines) is 1. The van der Waals surface area contributed by atoms with E-state index in [0.717, 1.165) is 11.3 Å². The molecule has 0 bridgehead atoms. The van der Waals surface area contributed by atoms with Crippen molar-refractivity contribution in [3.05, 3.63) is 23.8 Å². The lowest BCUT2D eigenvalue weighted by atomic mass is 10.1. The summed E-state index contributed by atoms with van der Waals surface area (Å²) in [6, 6.07) is 5.16. The van der Waals surface area contributed by atoms with Gasteiger partial charge < -0.3 is 9.47 Å². The molecule has 2 atom stereocenters. The van der Waals surface area contributed by atoms with E-state index in [1.54, 1.807) is 0 Å². The number of carbonyl (C=O) groups excluding carboxylic acids is 2. The lowest BCUT2D eigenvalue weighted by molar-refractivity contribution is -0.137. The van der Waals surface area contributed by atoms with Gasteiger partial charge in [-0.05, 0) is 24.6 Å². The Morgan fingerprint density at radius 3 is 2.75 bits per heavy atom. The van der Waals surface area contributed by atoms with E-state index in [4.69, 9.17) is 9.47 Å². The van der Waals surface area contributed by atoms with E-state index in [9.17, 15) is 9.59 Å². The molecule has 0 spiro atoms. The minimum atomic E-state index is -0.451. The van der Waals surface area contributed by atoms with Crippen LogP contribution in [0.15, 0.2) is 18.2 Å². The average molecular weight is 276 g/mol. The number of amides is 2. The third-order valence-corrected chi connectivity index (χ3v) is 3.73. The van der Waals surface area contributed by atoms with Gasteiger partial charge in [-0.1, -0.05) is 6.07 Å². The van der Waals surface area contributed by atoms with Gasteiger partial charge >= 0.3 is 0 Å². The highest BCUT2D eigenvalue weighted by molar-refractivity contribution is 6.05. The van der Waals surface area contributed by atoms with Crippen LogP contribution in [0.2, 0.25) is 0 Å². The molecule has 1 N–H and O–H groups in total. The van der Waals surface area contributed by atoms with Gasteiger partial charge in [0.1, 0.15) is 0 Å². The number of hydrogen-bond donors (Lipinski definition) is 1. The van der Waals surface area contributed by atoms with Crippen LogP contribution in [-0.2, 0) is 9.59 Å². The van der Waals surface area contributed by atoms with Crippen molar-refractivity contribution in [2.45, 2.75) is 25.4 Å². The summed E-state index contributed by atoms with van der Waals surface area (Å²) in [6.07, 6.45) is 0.213. The smallest absolute Gasteiger partial charge is 0.246 e. The first-order valence-corrected chi connectivity index (χ1v) is 6.52. The van der Waals surface area contributed by atoms with Crippen molar-refractivity contribution < 1.29 is 19.1 Å². The number of nitrogens with one attached hydrogen (secondary N) is 1. The van der Waals surface area contributed by atoms with E-state index in [1.807, 2.05) is 25.1 Å². The summed E-state index contributed by atoms with van der Waals surface area (Å²) in [5, 5.41) is 3.19. The number of hydrogen-bond acceptors (Lipinski definition) is 5. The number of fused-ring (bicyclic) bond motifs is 1. The van der Waals surface area contributed by atoms with Crippen molar-refractivity contribution in [1.29, 1.82) is 0 Å². The zero-order valence-electron chi connectivity index (χ0n) is 11.4. The number of likely N-dealkylation sites (N-methyl/N-ethyl adjacent to an activating group) is 1. The molecule has 1 aromatic carbocycles. The number of carbonyl (C=O) groups is 2. The second kappa shape index (κ2) is 4.79. The molecule has 0 radical (unpaired) electrons. The molecule has 6 nitrogen and oxygen atoms in total. The Hall–Kier alpha value is -2.08. The summed E-state index contributed by atoms with van der Waals surface area (Å²) in [6.45, 7) is 2.19. The molecule has 1 aromatic rings. The van der Waals surface area contributed by atoms with Crippen LogP contribution in [0.1, 0.15) is 24.9 Å². The Kier molecular flexibility index (Phi) is 3.10. The summed E-state index contributed by atoms with van der Waals surface area (Å²) >= 11 is 0. The predicted octanol–water partition coefficient (Wildman–Crippen LogP) is 0.823. The van der Waals surface area contributed by atoms with Crippen LogP contribution in [0, 0.1) is 0 Å². The maximum absolute atomic E-state index is 11.9. The third-order valence-electron chi connectivity index (χ3n) is 3.73. The van der Waals surface area contributed by atoms with Crippen LogP contribution < -0.4 is 14.8 Å². The molecule has 1 fully saturated rings. The van der Waals surface area contributed by atoms with Crippen LogP contribution in [0.5, 0.6) is 11.5 Å². The van der Waals surface area contributed by atoms with E-state index in [2.05, 4.69) is 5.32 Å². The molecular weight excluding hydrogens is 260 g/mol. The van der Waals surface area contributed by atoms with Gasteiger partial charge in [0, 0.05) is 13.1 Å². The Morgan fingerprint density at radius 1 is 1.30 bits per heavy atom. The monoisotopic (exact) mass is 276 g/mol. The molecule has 2 unspecified atom stereocenters. The van der Waals surface area contributed by atoms with Crippen molar-refractivity contribution >= 4 is 11.8 Å². The van der Waals surface area contributed by atoms with Crippen LogP contribution in [0.25, 0.3) is 0 Å². The molecular formula is C14H16N2O4. The molecule has 1 saturated heterocycles. The van der Waals surface area contributed by atoms with E-state index in [-0.39, 0.29) is 31.1 Å². The molecule has 6 heteroatoms. The van der Waals surface area contributed by atoms with Gasteiger partial charge in [0.25, 0.3) is 0 Å². The van der Waals surface area contributed by atoms with Crippen molar-refractivity contribution in [2.24, 2.45) is 0 Å². The maximum Gasteiger partial charge on any atom is 0.246 e. The Balaban J connectivity index is 1.72. The molecule has 0 saturated carbocycles. The average Bonchev–Trinajstić information content (AvgIpc) is 2.99. The fourth-order valence-corrected chi connectivity index (χ4v) is 2.47. The zero-order valence-corrected chi connectivity index (χ0v) is 11.4. The lowest BCUT2D eigenvalue weighted by Gasteiger charge is -2.18. The standard InChI is InChI=1S/C14H16N2O4/c1-8(15-10-6-13(17)16(2)14(10)18)9-3-4-11-12(5-9)20-7-19-11/h3-5,8,10,15H,6-7H2,1-2H3. The first kappa shape index (κ1) is 12.9. The van der Waals surface area contributed by atoms with Gasteiger partial charge in [-0.15, -0.1) is 0 Å². The molecule has 106 valence electrons. The van der Waals surface area contributed by atoms with Crippen LogP contribution in [0.3, 0.4) is 0 Å². The predicted molar refractivity (Wildman–Crippen MR) is 70.3 cm³/mol. The second-order valence-electron chi connectivity index (χ2n) is 5.05. The van der Waals surface area contributed by atoms with Crippen LogP contribution in [-0.4, -0.2) is 36.6 Å². The molecule has 3 rings (SSSR count). The zero-order chi connectivity index (χ0) is 14.3. The van der Waals surface area contributed by atoms with Crippen molar-refractivity contribution in [1.82, 2.24) is 10.2 Å². The number of benzene rings is 1. The fraction of sp³-hybridized carbons (Fsp3) is 0.429. The molecule has 0 aliphatic carbocycles. The first-order chi connectivity index (χ1) is 9.56. The molecule has 0 aromatic heterocycles. The summed E-state index contributed by atoms with van der Waals surface area (Å²) in [5.74, 6) is 1.11. The van der Waals surface area contributed by atoms with Gasteiger partial charge in [0.15, 0.2) is 11.5 Å². The third kappa shape index (κ3) is 2.12. The molecule has 2 heterocycles. The summed E-state index contributed by atoms with van der Waals surface area (Å²) in [5.41, 5.74) is 0.990. The van der Waals surface area contributed by atoms with Crippen molar-refractivity contribution in [2.75, 3.05) is 13.8 Å². The quantitative estimate of drug-likeness (QED) is 0.828. The summed E-state index contributed by atoms with van der Waals surface area (Å²) < 4.78 is 10.6. The van der Waals surface area contributed by atoms with Crippen LogP contribution in [0.4, 0.5) is 0 Å². The molecule has 20 heavy (non-hydrogen) atoms. The van der Waals surface area contributed by atoms with E-state index in [1.165, 1.54) is 11.9 Å². The van der Waals surface area contributed by atoms with Gasteiger partial charge in [0.05, 0.1) is 12.5 Å². The highest BCUT2D eigenvalue weighted by atomic mass is 16.7.